The van der Waals surface area contributed by atoms with Crippen molar-refractivity contribution in [2.24, 2.45) is 4.99 Å². The van der Waals surface area contributed by atoms with Crippen molar-refractivity contribution in [3.05, 3.63) is 198 Å². The fourth-order valence-corrected chi connectivity index (χ4v) is 10.7. The average molecular weight is 837 g/mol. The number of halogens is 1. The second-order valence-electron chi connectivity index (χ2n) is 18.2. The molecule has 0 aliphatic carbocycles. The maximum atomic E-state index is 15.8. The summed E-state index contributed by atoms with van der Waals surface area (Å²) >= 11 is 0. The highest BCUT2D eigenvalue weighted by Crippen LogP contribution is 2.46. The molecule has 0 N–H and O–H groups in total. The Balaban J connectivity index is 1.20. The molecule has 2 aliphatic heterocycles. The smallest absolute Gasteiger partial charge is 0.304 e. The number of furan rings is 1. The lowest BCUT2D eigenvalue weighted by Gasteiger charge is -2.32. The summed E-state index contributed by atoms with van der Waals surface area (Å²) in [6.45, 7) is 17.8. The summed E-state index contributed by atoms with van der Waals surface area (Å²) in [6.07, 6.45) is 4.21. The van der Waals surface area contributed by atoms with E-state index in [9.17, 15) is 0 Å². The third-order valence-corrected chi connectivity index (χ3v) is 13.7. The van der Waals surface area contributed by atoms with E-state index in [2.05, 4.69) is 177 Å². The number of nitrogens with zero attached hydrogens (tertiary/aromatic N) is 3. The molecule has 4 nitrogen and oxygen atoms in total. The summed E-state index contributed by atoms with van der Waals surface area (Å²) in [5, 5.41) is 2.11. The van der Waals surface area contributed by atoms with Crippen LogP contribution in [0.15, 0.2) is 174 Å². The van der Waals surface area contributed by atoms with Crippen molar-refractivity contribution >= 4 is 44.4 Å². The number of para-hydroxylation sites is 2. The van der Waals surface area contributed by atoms with Crippen molar-refractivity contribution in [2.75, 3.05) is 0 Å². The maximum Gasteiger partial charge on any atom is 0.304 e. The Morgan fingerprint density at radius 1 is 0.734 bits per heavy atom. The van der Waals surface area contributed by atoms with Crippen LogP contribution in [0.1, 0.15) is 86.1 Å². The lowest BCUT2D eigenvalue weighted by atomic mass is 9.78. The SMILES string of the molecule is C=CC1=NC2CC(=C)[n+]3c(n(-c4c(C(C)C)cc(F)cc4C(C)C)c4ccccc43)-c3c(ccc4c3oc3ccc(-c5ccc(-c6ccccc6)cc5)cc34)CCC2c2ccccc21. The first-order valence-electron chi connectivity index (χ1n) is 22.7. The maximum absolute atomic E-state index is 15.8. The number of aryl methyl sites for hydroxylation is 1. The van der Waals surface area contributed by atoms with E-state index in [1.165, 1.54) is 22.3 Å². The van der Waals surface area contributed by atoms with Gasteiger partial charge in [-0.2, -0.15) is 9.13 Å². The molecule has 2 aromatic heterocycles. The van der Waals surface area contributed by atoms with Crippen molar-refractivity contribution in [1.82, 2.24) is 4.57 Å². The van der Waals surface area contributed by atoms with E-state index in [0.717, 1.165) is 102 Å². The second-order valence-corrected chi connectivity index (χ2v) is 18.2. The lowest BCUT2D eigenvalue weighted by Crippen LogP contribution is -2.38. The summed E-state index contributed by atoms with van der Waals surface area (Å²) in [4.78, 5) is 5.44. The van der Waals surface area contributed by atoms with Crippen LogP contribution in [0.2, 0.25) is 0 Å². The third-order valence-electron chi connectivity index (χ3n) is 13.7. The second kappa shape index (κ2) is 15.6. The Morgan fingerprint density at radius 3 is 2.12 bits per heavy atom. The van der Waals surface area contributed by atoms with Crippen LogP contribution >= 0.6 is 0 Å². The minimum atomic E-state index is -0.217. The Labute approximate surface area is 374 Å². The topological polar surface area (TPSA) is 34.3 Å². The summed E-state index contributed by atoms with van der Waals surface area (Å²) in [5.41, 5.74) is 17.9. The highest BCUT2D eigenvalue weighted by Gasteiger charge is 2.40. The predicted octanol–water partition coefficient (Wildman–Crippen LogP) is 15.2. The normalized spacial score (nSPS) is 16.2. The molecule has 2 atom stereocenters. The number of hydrogen-bond donors (Lipinski definition) is 0. The van der Waals surface area contributed by atoms with Gasteiger partial charge in [0.2, 0.25) is 0 Å². The molecule has 0 saturated heterocycles. The van der Waals surface area contributed by atoms with Gasteiger partial charge in [0.25, 0.3) is 0 Å². The summed E-state index contributed by atoms with van der Waals surface area (Å²) < 4.78 is 27.7. The number of rotatable bonds is 6. The molecule has 11 rings (SSSR count). The Hall–Kier alpha value is -7.11. The largest absolute Gasteiger partial charge is 0.455 e. The van der Waals surface area contributed by atoms with Crippen LogP contribution in [-0.4, -0.2) is 16.3 Å². The zero-order valence-electron chi connectivity index (χ0n) is 36.9. The molecule has 0 bridgehead atoms. The summed E-state index contributed by atoms with van der Waals surface area (Å²) in [5.74, 6) is 0.999. The fraction of sp³-hybridized carbons (Fsp3) is 0.186. The van der Waals surface area contributed by atoms with Crippen LogP contribution in [0.3, 0.4) is 0 Å². The molecule has 0 saturated carbocycles. The van der Waals surface area contributed by atoms with Crippen LogP contribution < -0.4 is 4.57 Å². The lowest BCUT2D eigenvalue weighted by molar-refractivity contribution is -0.542. The number of aromatic nitrogens is 2. The van der Waals surface area contributed by atoms with Gasteiger partial charge in [-0.15, -0.1) is 0 Å². The van der Waals surface area contributed by atoms with Crippen LogP contribution in [0.25, 0.3) is 78.0 Å². The van der Waals surface area contributed by atoms with Crippen LogP contribution in [0.5, 0.6) is 0 Å². The van der Waals surface area contributed by atoms with Gasteiger partial charge in [0, 0.05) is 39.8 Å². The van der Waals surface area contributed by atoms with Crippen molar-refractivity contribution in [3.8, 4) is 39.3 Å². The Bertz CT molecular complexity index is 3330. The van der Waals surface area contributed by atoms with Crippen molar-refractivity contribution in [1.29, 1.82) is 0 Å². The molecule has 7 aromatic carbocycles. The van der Waals surface area contributed by atoms with Crippen molar-refractivity contribution < 1.29 is 13.4 Å². The number of allylic oxidation sites excluding steroid dienone is 1. The van der Waals surface area contributed by atoms with E-state index in [4.69, 9.17) is 16.0 Å². The first-order chi connectivity index (χ1) is 31.2. The van der Waals surface area contributed by atoms with Gasteiger partial charge in [-0.3, -0.25) is 4.99 Å². The zero-order valence-corrected chi connectivity index (χ0v) is 36.9. The quantitative estimate of drug-likeness (QED) is 0.154. The van der Waals surface area contributed by atoms with Crippen LogP contribution in [0, 0.1) is 5.82 Å². The van der Waals surface area contributed by atoms with Crippen molar-refractivity contribution in [2.45, 2.75) is 70.8 Å². The molecule has 2 aliphatic rings. The Kier molecular flexibility index (Phi) is 9.68. The number of hydrogen-bond acceptors (Lipinski definition) is 2. The standard InChI is InChI=1S/C59H51FN3O/c1-7-51-45-18-12-11-17-44(45)46-28-25-41-26-29-47-50-32-42(40-23-21-39(22-24-40)38-15-9-8-10-16-38)27-30-55(50)64-58(47)56(41)59-62(37(6)31-52(46)61-51)53-19-13-14-20-54(53)63(59)57-48(35(2)3)33-43(60)34-49(57)36(4)5/h7-24,26-27,29-30,32-36,46,52H,1,6,25,28,31H2,2-5H3/q+1. The zero-order chi connectivity index (χ0) is 43.8. The first kappa shape index (κ1) is 39.7. The molecule has 2 unspecified atom stereocenters. The van der Waals surface area contributed by atoms with Gasteiger partial charge in [-0.1, -0.05) is 150 Å². The molecular formula is C59H51FN3O+. The van der Waals surface area contributed by atoms with Gasteiger partial charge in [0.1, 0.15) is 28.3 Å². The monoisotopic (exact) mass is 836 g/mol. The molecule has 4 heterocycles. The molecule has 314 valence electrons. The van der Waals surface area contributed by atoms with Gasteiger partial charge in [-0.05, 0) is 101 Å². The Morgan fingerprint density at radius 2 is 1.39 bits per heavy atom. The van der Waals surface area contributed by atoms with E-state index in [1.807, 2.05) is 6.08 Å². The predicted molar refractivity (Wildman–Crippen MR) is 263 cm³/mol. The minimum Gasteiger partial charge on any atom is -0.455 e. The van der Waals surface area contributed by atoms with Gasteiger partial charge in [0.05, 0.1) is 11.8 Å². The minimum absolute atomic E-state index is 0.0437. The molecule has 0 spiro atoms. The van der Waals surface area contributed by atoms with Gasteiger partial charge < -0.3 is 4.42 Å². The molecule has 0 radical (unpaired) electrons. The van der Waals surface area contributed by atoms with E-state index in [0.29, 0.717) is 6.42 Å². The van der Waals surface area contributed by atoms with Crippen LogP contribution in [0.4, 0.5) is 4.39 Å². The third kappa shape index (κ3) is 6.39. The fourth-order valence-electron chi connectivity index (χ4n) is 10.7. The van der Waals surface area contributed by atoms with E-state index in [-0.39, 0.29) is 29.6 Å². The number of aliphatic imine (C=N–C) groups is 1. The number of fused-ring (bicyclic) bond motifs is 12. The number of imidazole rings is 1. The molecule has 0 amide bonds. The van der Waals surface area contributed by atoms with Gasteiger partial charge in [-0.25, -0.2) is 4.39 Å². The molecule has 5 heteroatoms. The van der Waals surface area contributed by atoms with E-state index in [1.54, 1.807) is 12.1 Å². The molecule has 64 heavy (non-hydrogen) atoms. The van der Waals surface area contributed by atoms with E-state index >= 15 is 4.39 Å². The van der Waals surface area contributed by atoms with Gasteiger partial charge >= 0.3 is 5.82 Å². The average Bonchev–Trinajstić information content (AvgIpc) is 3.86. The highest BCUT2D eigenvalue weighted by atomic mass is 19.1. The summed E-state index contributed by atoms with van der Waals surface area (Å²) in [7, 11) is 0. The molecule has 0 fully saturated rings. The first-order valence-corrected chi connectivity index (χ1v) is 22.7. The van der Waals surface area contributed by atoms with E-state index < -0.39 is 0 Å². The van der Waals surface area contributed by atoms with Gasteiger partial charge in [0.15, 0.2) is 16.6 Å². The molecule has 9 aromatic rings. The molecular weight excluding hydrogens is 786 g/mol. The van der Waals surface area contributed by atoms with Crippen molar-refractivity contribution in [3.63, 3.8) is 0 Å². The summed E-state index contributed by atoms with van der Waals surface area (Å²) in [6, 6.07) is 51.2. The highest BCUT2D eigenvalue weighted by molar-refractivity contribution is 6.12. The number of benzene rings is 7. The van der Waals surface area contributed by atoms with Crippen LogP contribution in [-0.2, 0) is 6.42 Å².